The summed E-state index contributed by atoms with van der Waals surface area (Å²) >= 11 is 0. The number of ether oxygens (including phenoxy) is 1. The third-order valence-electron chi connectivity index (χ3n) is 3.13. The van der Waals surface area contributed by atoms with Crippen molar-refractivity contribution in [3.05, 3.63) is 29.8 Å². The van der Waals surface area contributed by atoms with Crippen LogP contribution in [0, 0.1) is 0 Å². The van der Waals surface area contributed by atoms with Crippen molar-refractivity contribution in [1.82, 2.24) is 5.32 Å². The quantitative estimate of drug-likeness (QED) is 0.809. The van der Waals surface area contributed by atoms with E-state index >= 15 is 0 Å². The van der Waals surface area contributed by atoms with Crippen molar-refractivity contribution < 1.29 is 14.3 Å². The van der Waals surface area contributed by atoms with Gasteiger partial charge in [-0.3, -0.25) is 9.59 Å². The lowest BCUT2D eigenvalue weighted by Gasteiger charge is -2.13. The smallest absolute Gasteiger partial charge is 0.258 e. The summed E-state index contributed by atoms with van der Waals surface area (Å²) in [6.45, 7) is -0.0403. The SMILES string of the molecule is O=Cc1ccccc1OCC(=O)NC1CCCC1. The minimum atomic E-state index is -0.123. The van der Waals surface area contributed by atoms with Crippen molar-refractivity contribution in [1.29, 1.82) is 0 Å². The van der Waals surface area contributed by atoms with Crippen LogP contribution in [0.2, 0.25) is 0 Å². The van der Waals surface area contributed by atoms with Crippen LogP contribution in [0.3, 0.4) is 0 Å². The molecule has 0 saturated heterocycles. The standard InChI is InChI=1S/C14H17NO3/c16-9-11-5-1-4-8-13(11)18-10-14(17)15-12-6-2-3-7-12/h1,4-5,8-9,12H,2-3,6-7,10H2,(H,15,17). The summed E-state index contributed by atoms with van der Waals surface area (Å²) < 4.78 is 5.36. The van der Waals surface area contributed by atoms with Crippen LogP contribution in [0.15, 0.2) is 24.3 Å². The Morgan fingerprint density at radius 1 is 1.33 bits per heavy atom. The predicted octanol–water partition coefficient (Wildman–Crippen LogP) is 1.94. The van der Waals surface area contributed by atoms with Crippen LogP contribution < -0.4 is 10.1 Å². The Morgan fingerprint density at radius 3 is 2.78 bits per heavy atom. The fourth-order valence-electron chi connectivity index (χ4n) is 2.19. The maximum absolute atomic E-state index is 11.6. The normalized spacial score (nSPS) is 15.3. The maximum atomic E-state index is 11.6. The molecular weight excluding hydrogens is 230 g/mol. The number of benzene rings is 1. The van der Waals surface area contributed by atoms with Gasteiger partial charge in [0, 0.05) is 6.04 Å². The molecule has 0 aromatic heterocycles. The number of para-hydroxylation sites is 1. The summed E-state index contributed by atoms with van der Waals surface area (Å²) in [6.07, 6.45) is 5.19. The summed E-state index contributed by atoms with van der Waals surface area (Å²) in [7, 11) is 0. The number of carbonyl (C=O) groups is 2. The van der Waals surface area contributed by atoms with Gasteiger partial charge in [0.15, 0.2) is 12.9 Å². The van der Waals surface area contributed by atoms with E-state index in [0.717, 1.165) is 19.1 Å². The van der Waals surface area contributed by atoms with Crippen molar-refractivity contribution in [3.8, 4) is 5.75 Å². The van der Waals surface area contributed by atoms with E-state index in [1.165, 1.54) is 12.8 Å². The number of carbonyl (C=O) groups excluding carboxylic acids is 2. The van der Waals surface area contributed by atoms with Crippen molar-refractivity contribution in [2.45, 2.75) is 31.7 Å². The minimum absolute atomic E-state index is 0.0403. The second-order valence-corrected chi connectivity index (χ2v) is 4.49. The zero-order valence-corrected chi connectivity index (χ0v) is 10.2. The molecule has 0 heterocycles. The molecule has 0 bridgehead atoms. The van der Waals surface area contributed by atoms with Crippen molar-refractivity contribution in [2.75, 3.05) is 6.61 Å². The van der Waals surface area contributed by atoms with Crippen LogP contribution in [-0.2, 0) is 4.79 Å². The monoisotopic (exact) mass is 247 g/mol. The van der Waals surface area contributed by atoms with E-state index in [2.05, 4.69) is 5.32 Å². The van der Waals surface area contributed by atoms with Crippen LogP contribution in [0.25, 0.3) is 0 Å². The van der Waals surface area contributed by atoms with Crippen LogP contribution in [0.1, 0.15) is 36.0 Å². The molecule has 1 saturated carbocycles. The first-order chi connectivity index (χ1) is 8.79. The summed E-state index contributed by atoms with van der Waals surface area (Å²) in [4.78, 5) is 22.4. The molecule has 0 spiro atoms. The lowest BCUT2D eigenvalue weighted by Crippen LogP contribution is -2.36. The van der Waals surface area contributed by atoms with Gasteiger partial charge in [-0.2, -0.15) is 0 Å². The molecule has 0 aliphatic heterocycles. The van der Waals surface area contributed by atoms with Gasteiger partial charge < -0.3 is 10.1 Å². The zero-order chi connectivity index (χ0) is 12.8. The molecule has 0 radical (unpaired) electrons. The van der Waals surface area contributed by atoms with E-state index in [-0.39, 0.29) is 12.5 Å². The number of amides is 1. The molecule has 2 rings (SSSR count). The number of hydrogen-bond donors (Lipinski definition) is 1. The van der Waals surface area contributed by atoms with Gasteiger partial charge in [-0.05, 0) is 25.0 Å². The second kappa shape index (κ2) is 6.19. The van der Waals surface area contributed by atoms with E-state index < -0.39 is 0 Å². The summed E-state index contributed by atoms with van der Waals surface area (Å²) in [6, 6.07) is 7.18. The Balaban J connectivity index is 1.83. The molecule has 0 unspecified atom stereocenters. The van der Waals surface area contributed by atoms with Crippen molar-refractivity contribution >= 4 is 12.2 Å². The summed E-state index contributed by atoms with van der Waals surface area (Å²) in [5, 5.41) is 2.93. The summed E-state index contributed by atoms with van der Waals surface area (Å²) in [5.74, 6) is 0.330. The maximum Gasteiger partial charge on any atom is 0.258 e. The highest BCUT2D eigenvalue weighted by Crippen LogP contribution is 2.18. The lowest BCUT2D eigenvalue weighted by atomic mass is 10.2. The van der Waals surface area contributed by atoms with Crippen LogP contribution in [0.5, 0.6) is 5.75 Å². The van der Waals surface area contributed by atoms with Crippen LogP contribution >= 0.6 is 0 Å². The molecule has 0 atom stereocenters. The Labute approximate surface area is 106 Å². The van der Waals surface area contributed by atoms with E-state index in [0.29, 0.717) is 17.4 Å². The van der Waals surface area contributed by atoms with Crippen molar-refractivity contribution in [2.24, 2.45) is 0 Å². The fourth-order valence-corrected chi connectivity index (χ4v) is 2.19. The van der Waals surface area contributed by atoms with Gasteiger partial charge in [-0.1, -0.05) is 25.0 Å². The van der Waals surface area contributed by atoms with E-state index in [4.69, 9.17) is 4.74 Å². The first-order valence-electron chi connectivity index (χ1n) is 6.26. The van der Waals surface area contributed by atoms with Gasteiger partial charge in [-0.25, -0.2) is 0 Å². The molecule has 1 aliphatic carbocycles. The number of nitrogens with one attached hydrogen (secondary N) is 1. The molecule has 4 nitrogen and oxygen atoms in total. The average Bonchev–Trinajstić information content (AvgIpc) is 2.89. The molecule has 1 amide bonds. The highest BCUT2D eigenvalue weighted by atomic mass is 16.5. The molecular formula is C14H17NO3. The Morgan fingerprint density at radius 2 is 2.06 bits per heavy atom. The highest BCUT2D eigenvalue weighted by Gasteiger charge is 2.17. The van der Waals surface area contributed by atoms with Gasteiger partial charge in [-0.15, -0.1) is 0 Å². The van der Waals surface area contributed by atoms with Gasteiger partial charge >= 0.3 is 0 Å². The Bertz CT molecular complexity index is 425. The molecule has 4 heteroatoms. The minimum Gasteiger partial charge on any atom is -0.483 e. The van der Waals surface area contributed by atoms with E-state index in [1.807, 2.05) is 0 Å². The summed E-state index contributed by atoms with van der Waals surface area (Å²) in [5.41, 5.74) is 0.464. The molecule has 1 fully saturated rings. The third kappa shape index (κ3) is 3.32. The largest absolute Gasteiger partial charge is 0.483 e. The first kappa shape index (κ1) is 12.6. The molecule has 1 aromatic rings. The lowest BCUT2D eigenvalue weighted by molar-refractivity contribution is -0.123. The van der Waals surface area contributed by atoms with Gasteiger partial charge in [0.25, 0.3) is 5.91 Å². The predicted molar refractivity (Wildman–Crippen MR) is 67.7 cm³/mol. The van der Waals surface area contributed by atoms with Gasteiger partial charge in [0.05, 0.1) is 5.56 Å². The van der Waals surface area contributed by atoms with Crippen molar-refractivity contribution in [3.63, 3.8) is 0 Å². The number of rotatable bonds is 5. The van der Waals surface area contributed by atoms with Gasteiger partial charge in [0.1, 0.15) is 5.75 Å². The molecule has 1 N–H and O–H groups in total. The van der Waals surface area contributed by atoms with E-state index in [1.54, 1.807) is 24.3 Å². The molecule has 1 aromatic carbocycles. The molecule has 18 heavy (non-hydrogen) atoms. The topological polar surface area (TPSA) is 55.4 Å². The van der Waals surface area contributed by atoms with Crippen LogP contribution in [-0.4, -0.2) is 24.8 Å². The third-order valence-corrected chi connectivity index (χ3v) is 3.13. The fraction of sp³-hybridized carbons (Fsp3) is 0.429. The Hall–Kier alpha value is -1.84. The number of hydrogen-bond acceptors (Lipinski definition) is 3. The van der Waals surface area contributed by atoms with E-state index in [9.17, 15) is 9.59 Å². The average molecular weight is 247 g/mol. The molecule has 1 aliphatic rings. The Kier molecular flexibility index (Phi) is 4.34. The highest BCUT2D eigenvalue weighted by molar-refractivity contribution is 5.80. The number of aldehydes is 1. The molecule has 96 valence electrons. The van der Waals surface area contributed by atoms with Gasteiger partial charge in [0.2, 0.25) is 0 Å². The zero-order valence-electron chi connectivity index (χ0n) is 10.2. The second-order valence-electron chi connectivity index (χ2n) is 4.49. The van der Waals surface area contributed by atoms with Crippen LogP contribution in [0.4, 0.5) is 0 Å². The first-order valence-corrected chi connectivity index (χ1v) is 6.26.